The molecule has 6 heteroatoms. The zero-order valence-electron chi connectivity index (χ0n) is 9.64. The summed E-state index contributed by atoms with van der Waals surface area (Å²) in [7, 11) is 0. The lowest BCUT2D eigenvalue weighted by molar-refractivity contribution is 0.0886. The first-order valence-electron chi connectivity index (χ1n) is 5.36. The summed E-state index contributed by atoms with van der Waals surface area (Å²) in [6.07, 6.45) is 2.36. The van der Waals surface area contributed by atoms with Gasteiger partial charge in [0.15, 0.2) is 11.6 Å². The molecule has 1 heterocycles. The molecule has 2 rings (SSSR count). The Morgan fingerprint density at radius 2 is 1.84 bits per heavy atom. The second kappa shape index (κ2) is 5.79. The van der Waals surface area contributed by atoms with Crippen molar-refractivity contribution in [3.63, 3.8) is 0 Å². The summed E-state index contributed by atoms with van der Waals surface area (Å²) >= 11 is 3.09. The van der Waals surface area contributed by atoms with Crippen LogP contribution in [0.15, 0.2) is 41.1 Å². The lowest BCUT2D eigenvalue weighted by Crippen LogP contribution is -2.12. The lowest BCUT2D eigenvalue weighted by Gasteiger charge is -2.02. The Hall–Kier alpha value is -1.95. The smallest absolute Gasteiger partial charge is 0.207 e. The molecular weight excluding hydrogens is 315 g/mol. The molecule has 19 heavy (non-hydrogen) atoms. The van der Waals surface area contributed by atoms with E-state index in [0.717, 1.165) is 0 Å². The fraction of sp³-hybridized carbons (Fsp3) is 0.0769. The molecule has 0 bridgehead atoms. The number of hydrogen-bond acceptors (Lipinski definition) is 4. The van der Waals surface area contributed by atoms with Crippen molar-refractivity contribution in [1.82, 2.24) is 9.97 Å². The molecule has 4 nitrogen and oxygen atoms in total. The average molecular weight is 323 g/mol. The van der Waals surface area contributed by atoms with E-state index in [2.05, 4.69) is 25.9 Å². The molecule has 0 aliphatic carbocycles. The standard InChI is InChI=1S/C13H8BrFN2O2/c14-8-2-3-9(10(15)6-8)11(18)7-12(19)13-16-4-1-5-17-13/h1-6H,7H2. The molecule has 96 valence electrons. The predicted molar refractivity (Wildman–Crippen MR) is 69.4 cm³/mol. The van der Waals surface area contributed by atoms with E-state index in [1.54, 1.807) is 12.1 Å². The molecule has 0 aliphatic heterocycles. The maximum Gasteiger partial charge on any atom is 0.207 e. The third-order valence-electron chi connectivity index (χ3n) is 2.37. The summed E-state index contributed by atoms with van der Waals surface area (Å²) < 4.78 is 14.1. The molecular formula is C13H8BrFN2O2. The van der Waals surface area contributed by atoms with Gasteiger partial charge in [0.05, 0.1) is 12.0 Å². The van der Waals surface area contributed by atoms with Gasteiger partial charge in [-0.2, -0.15) is 0 Å². The van der Waals surface area contributed by atoms with Gasteiger partial charge in [0, 0.05) is 16.9 Å². The monoisotopic (exact) mass is 322 g/mol. The molecule has 2 aromatic rings. The van der Waals surface area contributed by atoms with E-state index in [4.69, 9.17) is 0 Å². The largest absolute Gasteiger partial charge is 0.294 e. The number of hydrogen-bond donors (Lipinski definition) is 0. The highest BCUT2D eigenvalue weighted by Gasteiger charge is 2.18. The predicted octanol–water partition coefficient (Wildman–Crippen LogP) is 2.83. The maximum absolute atomic E-state index is 13.6. The molecule has 1 aromatic carbocycles. The Morgan fingerprint density at radius 1 is 1.16 bits per heavy atom. The van der Waals surface area contributed by atoms with Gasteiger partial charge in [-0.3, -0.25) is 9.59 Å². The average Bonchev–Trinajstić information content (AvgIpc) is 2.39. The Kier molecular flexibility index (Phi) is 4.11. The molecule has 0 saturated carbocycles. The Labute approximate surface area is 116 Å². The van der Waals surface area contributed by atoms with Crippen molar-refractivity contribution in [2.24, 2.45) is 0 Å². The SMILES string of the molecule is O=C(CC(=O)c1ccc(Br)cc1F)c1ncccn1. The lowest BCUT2D eigenvalue weighted by atomic mass is 10.1. The third kappa shape index (κ3) is 3.29. The van der Waals surface area contributed by atoms with Gasteiger partial charge in [0.25, 0.3) is 0 Å². The van der Waals surface area contributed by atoms with Crippen LogP contribution in [0, 0.1) is 5.82 Å². The molecule has 0 fully saturated rings. The minimum absolute atomic E-state index is 0.0478. The number of rotatable bonds is 4. The summed E-state index contributed by atoms with van der Waals surface area (Å²) in [6.45, 7) is 0. The van der Waals surface area contributed by atoms with Gasteiger partial charge in [-0.05, 0) is 24.3 Å². The van der Waals surface area contributed by atoms with Crippen LogP contribution in [0.25, 0.3) is 0 Å². The van der Waals surface area contributed by atoms with Crippen molar-refractivity contribution >= 4 is 27.5 Å². The van der Waals surface area contributed by atoms with Gasteiger partial charge < -0.3 is 0 Å². The number of carbonyl (C=O) groups is 2. The van der Waals surface area contributed by atoms with E-state index in [9.17, 15) is 14.0 Å². The topological polar surface area (TPSA) is 59.9 Å². The molecule has 0 aliphatic rings. The minimum Gasteiger partial charge on any atom is -0.294 e. The van der Waals surface area contributed by atoms with Gasteiger partial charge in [0.1, 0.15) is 5.82 Å². The summed E-state index contributed by atoms with van der Waals surface area (Å²) in [5.74, 6) is -1.84. The molecule has 0 N–H and O–H groups in total. The van der Waals surface area contributed by atoms with Crippen LogP contribution in [0.4, 0.5) is 4.39 Å². The van der Waals surface area contributed by atoms with Crippen LogP contribution < -0.4 is 0 Å². The van der Waals surface area contributed by atoms with E-state index in [1.807, 2.05) is 0 Å². The molecule has 0 radical (unpaired) electrons. The van der Waals surface area contributed by atoms with Crippen molar-refractivity contribution < 1.29 is 14.0 Å². The number of benzene rings is 1. The number of aromatic nitrogens is 2. The van der Waals surface area contributed by atoms with E-state index < -0.39 is 23.8 Å². The van der Waals surface area contributed by atoms with E-state index in [0.29, 0.717) is 4.47 Å². The number of nitrogens with zero attached hydrogens (tertiary/aromatic N) is 2. The van der Waals surface area contributed by atoms with E-state index in [-0.39, 0.29) is 11.4 Å². The normalized spacial score (nSPS) is 10.2. The fourth-order valence-electron chi connectivity index (χ4n) is 1.48. The van der Waals surface area contributed by atoms with Crippen LogP contribution >= 0.6 is 15.9 Å². The summed E-state index contributed by atoms with van der Waals surface area (Å²) in [6, 6.07) is 5.62. The summed E-state index contributed by atoms with van der Waals surface area (Å²) in [4.78, 5) is 31.1. The zero-order valence-corrected chi connectivity index (χ0v) is 11.2. The fourth-order valence-corrected chi connectivity index (χ4v) is 1.81. The van der Waals surface area contributed by atoms with Gasteiger partial charge in [-0.25, -0.2) is 14.4 Å². The molecule has 0 atom stereocenters. The molecule has 0 saturated heterocycles. The number of halogens is 2. The second-order valence-corrected chi connectivity index (χ2v) is 4.64. The maximum atomic E-state index is 13.6. The zero-order chi connectivity index (χ0) is 13.8. The van der Waals surface area contributed by atoms with Crippen LogP contribution in [-0.2, 0) is 0 Å². The van der Waals surface area contributed by atoms with Gasteiger partial charge in [0.2, 0.25) is 5.78 Å². The van der Waals surface area contributed by atoms with Crippen LogP contribution in [0.3, 0.4) is 0 Å². The first kappa shape index (κ1) is 13.5. The molecule has 0 unspecified atom stereocenters. The van der Waals surface area contributed by atoms with Crippen molar-refractivity contribution in [2.75, 3.05) is 0 Å². The molecule has 0 amide bonds. The van der Waals surface area contributed by atoms with Gasteiger partial charge in [-0.15, -0.1) is 0 Å². The van der Waals surface area contributed by atoms with E-state index >= 15 is 0 Å². The Balaban J connectivity index is 2.15. The summed E-state index contributed by atoms with van der Waals surface area (Å²) in [5.41, 5.74) is -0.118. The number of carbonyl (C=O) groups excluding carboxylic acids is 2. The van der Waals surface area contributed by atoms with Crippen molar-refractivity contribution in [3.05, 3.63) is 58.3 Å². The van der Waals surface area contributed by atoms with Crippen LogP contribution in [-0.4, -0.2) is 21.5 Å². The summed E-state index contributed by atoms with van der Waals surface area (Å²) in [5, 5.41) is 0. The van der Waals surface area contributed by atoms with Gasteiger partial charge in [-0.1, -0.05) is 15.9 Å². The van der Waals surface area contributed by atoms with Crippen molar-refractivity contribution in [1.29, 1.82) is 0 Å². The third-order valence-corrected chi connectivity index (χ3v) is 2.86. The van der Waals surface area contributed by atoms with Crippen LogP contribution in [0.5, 0.6) is 0 Å². The van der Waals surface area contributed by atoms with Crippen LogP contribution in [0.1, 0.15) is 27.4 Å². The van der Waals surface area contributed by atoms with E-state index in [1.165, 1.54) is 24.5 Å². The Bertz CT molecular complexity index is 632. The second-order valence-electron chi connectivity index (χ2n) is 3.72. The number of Topliss-reactive ketones (excluding diaryl/α,β-unsaturated/α-hetero) is 2. The quantitative estimate of drug-likeness (QED) is 0.641. The van der Waals surface area contributed by atoms with Crippen molar-refractivity contribution in [3.8, 4) is 0 Å². The molecule has 1 aromatic heterocycles. The number of ketones is 2. The first-order valence-corrected chi connectivity index (χ1v) is 6.15. The first-order chi connectivity index (χ1) is 9.08. The Morgan fingerprint density at radius 3 is 2.47 bits per heavy atom. The van der Waals surface area contributed by atoms with Crippen LogP contribution in [0.2, 0.25) is 0 Å². The minimum atomic E-state index is -0.666. The highest BCUT2D eigenvalue weighted by atomic mass is 79.9. The van der Waals surface area contributed by atoms with Crippen molar-refractivity contribution in [2.45, 2.75) is 6.42 Å². The highest BCUT2D eigenvalue weighted by Crippen LogP contribution is 2.17. The van der Waals surface area contributed by atoms with Gasteiger partial charge >= 0.3 is 0 Å². The highest BCUT2D eigenvalue weighted by molar-refractivity contribution is 9.10. The molecule has 0 spiro atoms.